The van der Waals surface area contributed by atoms with Gasteiger partial charge in [0.15, 0.2) is 0 Å². The summed E-state index contributed by atoms with van der Waals surface area (Å²) in [6, 6.07) is 16.9. The molecule has 28 heavy (non-hydrogen) atoms. The topological polar surface area (TPSA) is 35.5 Å². The van der Waals surface area contributed by atoms with Gasteiger partial charge < -0.3 is 9.47 Å². The molecule has 2 aromatic carbocycles. The minimum Gasteiger partial charge on any atom is -0.493 e. The number of benzene rings is 2. The molecule has 0 saturated carbocycles. The van der Waals surface area contributed by atoms with Crippen molar-refractivity contribution >= 4 is 17.6 Å². The Hall–Kier alpha value is -2.81. The highest BCUT2D eigenvalue weighted by Gasteiger charge is 2.15. The summed E-state index contributed by atoms with van der Waals surface area (Å²) in [5.41, 5.74) is 5.28. The maximum absolute atomic E-state index is 11.0. The summed E-state index contributed by atoms with van der Waals surface area (Å²) in [5.74, 6) is 0.669. The summed E-state index contributed by atoms with van der Waals surface area (Å²) in [4.78, 5) is 11.0. The molecular weight excluding hydrogens is 348 g/mol. The molecule has 3 rings (SSSR count). The highest BCUT2D eigenvalue weighted by Crippen LogP contribution is 2.35. The van der Waals surface area contributed by atoms with Crippen molar-refractivity contribution < 1.29 is 14.3 Å². The first-order chi connectivity index (χ1) is 13.8. The number of allylic oxidation sites excluding steroid dienone is 1. The van der Waals surface area contributed by atoms with E-state index in [2.05, 4.69) is 61.2 Å². The zero-order valence-corrected chi connectivity index (χ0v) is 16.4. The Kier molecular flexibility index (Phi) is 7.48. The molecule has 0 spiro atoms. The Balaban J connectivity index is 1.46. The Labute approximate surface area is 167 Å². The molecule has 0 radical (unpaired) electrons. The summed E-state index contributed by atoms with van der Waals surface area (Å²) >= 11 is 0. The van der Waals surface area contributed by atoms with Crippen molar-refractivity contribution in [3.63, 3.8) is 0 Å². The molecule has 0 aliphatic heterocycles. The van der Waals surface area contributed by atoms with Gasteiger partial charge in [0.2, 0.25) is 0 Å². The summed E-state index contributed by atoms with van der Waals surface area (Å²) in [6.07, 6.45) is 9.54. The van der Waals surface area contributed by atoms with Crippen molar-refractivity contribution in [1.29, 1.82) is 0 Å². The lowest BCUT2D eigenvalue weighted by Crippen LogP contribution is -2.05. The normalized spacial score (nSPS) is 12.6. The monoisotopic (exact) mass is 376 g/mol. The summed E-state index contributed by atoms with van der Waals surface area (Å²) in [7, 11) is 0. The van der Waals surface area contributed by atoms with Gasteiger partial charge in [-0.3, -0.25) is 0 Å². The first-order valence-electron chi connectivity index (χ1n) is 10.1. The lowest BCUT2D eigenvalue weighted by molar-refractivity contribution is -0.137. The van der Waals surface area contributed by atoms with Crippen LogP contribution in [0.5, 0.6) is 5.75 Å². The van der Waals surface area contributed by atoms with E-state index in [9.17, 15) is 4.79 Å². The van der Waals surface area contributed by atoms with Crippen molar-refractivity contribution in [3.05, 3.63) is 77.9 Å². The fraction of sp³-hybridized carbons (Fsp3) is 0.320. The molecule has 1 aliphatic rings. The zero-order valence-electron chi connectivity index (χ0n) is 16.4. The molecule has 3 heteroatoms. The van der Waals surface area contributed by atoms with Gasteiger partial charge >= 0.3 is 5.97 Å². The third-order valence-electron chi connectivity index (χ3n) is 5.00. The van der Waals surface area contributed by atoms with E-state index in [-0.39, 0.29) is 5.97 Å². The molecule has 146 valence electrons. The fourth-order valence-electron chi connectivity index (χ4n) is 3.49. The second-order valence-electron chi connectivity index (χ2n) is 6.99. The van der Waals surface area contributed by atoms with Crippen LogP contribution in [0.4, 0.5) is 0 Å². The van der Waals surface area contributed by atoms with Crippen LogP contribution in [0.2, 0.25) is 0 Å². The molecule has 0 fully saturated rings. The van der Waals surface area contributed by atoms with Gasteiger partial charge in [0.05, 0.1) is 13.2 Å². The summed E-state index contributed by atoms with van der Waals surface area (Å²) < 4.78 is 11.1. The highest BCUT2D eigenvalue weighted by atomic mass is 16.5. The number of carbonyl (C=O) groups excluding carboxylic acids is 1. The van der Waals surface area contributed by atoms with Crippen LogP contribution >= 0.6 is 0 Å². The second-order valence-corrected chi connectivity index (χ2v) is 6.99. The molecule has 0 unspecified atom stereocenters. The van der Waals surface area contributed by atoms with Crippen LogP contribution < -0.4 is 4.74 Å². The van der Waals surface area contributed by atoms with E-state index < -0.39 is 0 Å². The molecule has 0 saturated heterocycles. The highest BCUT2D eigenvalue weighted by molar-refractivity contribution is 5.85. The maximum Gasteiger partial charge on any atom is 0.330 e. The van der Waals surface area contributed by atoms with E-state index in [0.717, 1.165) is 50.9 Å². The number of rotatable bonds is 10. The van der Waals surface area contributed by atoms with E-state index in [0.29, 0.717) is 6.61 Å². The standard InChI is InChI=1S/C25H28O3/c1-2-25(26)28-18-9-4-3-8-17-27-24-14-10-13-22-19-21(15-16-23(22)24)20-11-6-5-7-12-20/h2,5-7,10-14,19H,1,3-4,8-9,15-18H2. The van der Waals surface area contributed by atoms with Crippen LogP contribution in [-0.4, -0.2) is 19.2 Å². The first-order valence-corrected chi connectivity index (χ1v) is 10.1. The van der Waals surface area contributed by atoms with Crippen molar-refractivity contribution in [3.8, 4) is 5.75 Å². The van der Waals surface area contributed by atoms with Crippen molar-refractivity contribution in [2.45, 2.75) is 38.5 Å². The van der Waals surface area contributed by atoms with Gasteiger partial charge in [-0.15, -0.1) is 0 Å². The van der Waals surface area contributed by atoms with Crippen LogP contribution in [0.1, 0.15) is 48.8 Å². The van der Waals surface area contributed by atoms with Gasteiger partial charge in [0, 0.05) is 11.6 Å². The number of hydrogen-bond acceptors (Lipinski definition) is 3. The largest absolute Gasteiger partial charge is 0.493 e. The van der Waals surface area contributed by atoms with Crippen LogP contribution in [0, 0.1) is 0 Å². The number of esters is 1. The molecule has 0 bridgehead atoms. The van der Waals surface area contributed by atoms with Crippen molar-refractivity contribution in [2.75, 3.05) is 13.2 Å². The zero-order chi connectivity index (χ0) is 19.6. The Morgan fingerprint density at radius 1 is 0.929 bits per heavy atom. The number of hydrogen-bond donors (Lipinski definition) is 0. The summed E-state index contributed by atoms with van der Waals surface area (Å²) in [5, 5.41) is 0. The van der Waals surface area contributed by atoms with Crippen LogP contribution in [0.3, 0.4) is 0 Å². The predicted molar refractivity (Wildman–Crippen MR) is 114 cm³/mol. The average molecular weight is 376 g/mol. The molecule has 0 N–H and O–H groups in total. The van der Waals surface area contributed by atoms with Crippen LogP contribution in [0.25, 0.3) is 11.6 Å². The average Bonchev–Trinajstić information content (AvgIpc) is 2.75. The number of fused-ring (bicyclic) bond motifs is 1. The third kappa shape index (κ3) is 5.59. The molecule has 2 aromatic rings. The predicted octanol–water partition coefficient (Wildman–Crippen LogP) is 5.84. The lowest BCUT2D eigenvalue weighted by Gasteiger charge is -2.20. The number of unbranched alkanes of at least 4 members (excludes halogenated alkanes) is 3. The van der Waals surface area contributed by atoms with Gasteiger partial charge in [-0.25, -0.2) is 4.79 Å². The molecule has 0 amide bonds. The Bertz CT molecular complexity index is 821. The van der Waals surface area contributed by atoms with Gasteiger partial charge in [0.25, 0.3) is 0 Å². The molecule has 1 aliphatic carbocycles. The van der Waals surface area contributed by atoms with Crippen LogP contribution in [-0.2, 0) is 16.0 Å². The Morgan fingerprint density at radius 2 is 1.71 bits per heavy atom. The number of ether oxygens (including phenoxy) is 2. The van der Waals surface area contributed by atoms with Crippen molar-refractivity contribution in [1.82, 2.24) is 0 Å². The minimum atomic E-state index is -0.346. The van der Waals surface area contributed by atoms with E-state index in [1.54, 1.807) is 0 Å². The smallest absolute Gasteiger partial charge is 0.330 e. The molecule has 0 aromatic heterocycles. The Morgan fingerprint density at radius 3 is 2.50 bits per heavy atom. The van der Waals surface area contributed by atoms with Gasteiger partial charge in [-0.05, 0) is 61.3 Å². The molecule has 0 heterocycles. The van der Waals surface area contributed by atoms with Crippen molar-refractivity contribution in [2.24, 2.45) is 0 Å². The van der Waals surface area contributed by atoms with Gasteiger partial charge in [-0.2, -0.15) is 0 Å². The fourth-order valence-corrected chi connectivity index (χ4v) is 3.49. The van der Waals surface area contributed by atoms with Crippen LogP contribution in [0.15, 0.2) is 61.2 Å². The third-order valence-corrected chi connectivity index (χ3v) is 5.00. The first kappa shape index (κ1) is 19.9. The molecule has 0 atom stereocenters. The quantitative estimate of drug-likeness (QED) is 0.297. The van der Waals surface area contributed by atoms with E-state index in [4.69, 9.17) is 9.47 Å². The number of carbonyl (C=O) groups is 1. The van der Waals surface area contributed by atoms with E-state index in [1.807, 2.05) is 0 Å². The molecule has 3 nitrogen and oxygen atoms in total. The summed E-state index contributed by atoms with van der Waals surface area (Å²) in [6.45, 7) is 4.57. The second kappa shape index (κ2) is 10.5. The molecular formula is C25H28O3. The lowest BCUT2D eigenvalue weighted by atomic mass is 9.88. The minimum absolute atomic E-state index is 0.346. The van der Waals surface area contributed by atoms with Gasteiger partial charge in [0.1, 0.15) is 5.75 Å². The maximum atomic E-state index is 11.0. The van der Waals surface area contributed by atoms with E-state index >= 15 is 0 Å². The van der Waals surface area contributed by atoms with Gasteiger partial charge in [-0.1, -0.05) is 55.1 Å². The SMILES string of the molecule is C=CC(=O)OCCCCCCOc1cccc2c1CCC(c1ccccc1)=C2. The van der Waals surface area contributed by atoms with E-state index in [1.165, 1.54) is 28.3 Å².